The van der Waals surface area contributed by atoms with Crippen molar-refractivity contribution in [1.82, 2.24) is 9.78 Å². The topological polar surface area (TPSA) is 84.2 Å². The second-order valence-corrected chi connectivity index (χ2v) is 6.94. The third-order valence-corrected chi connectivity index (χ3v) is 5.12. The number of carboxylic acid groups (broad SMARTS) is 1. The summed E-state index contributed by atoms with van der Waals surface area (Å²) in [5.74, 6) is -4.50. The zero-order valence-electron chi connectivity index (χ0n) is 15.2. The van der Waals surface area contributed by atoms with Crippen LogP contribution < -0.4 is 5.32 Å². The molecule has 9 heteroatoms. The van der Waals surface area contributed by atoms with E-state index in [9.17, 15) is 22.8 Å². The van der Waals surface area contributed by atoms with Crippen molar-refractivity contribution < 1.29 is 27.9 Å². The number of amides is 1. The fraction of sp³-hybridized carbons (Fsp3) is 0.421. The van der Waals surface area contributed by atoms with Crippen molar-refractivity contribution in [2.24, 2.45) is 11.8 Å². The van der Waals surface area contributed by atoms with Crippen molar-refractivity contribution in [3.05, 3.63) is 41.7 Å². The van der Waals surface area contributed by atoms with Gasteiger partial charge in [0, 0.05) is 11.6 Å². The van der Waals surface area contributed by atoms with Crippen LogP contribution in [0.1, 0.15) is 41.7 Å². The van der Waals surface area contributed by atoms with Crippen molar-refractivity contribution in [1.29, 1.82) is 0 Å². The maximum Gasteiger partial charge on any atom is 0.392 e. The molecule has 0 bridgehead atoms. The smallest absolute Gasteiger partial charge is 0.392 e. The van der Waals surface area contributed by atoms with Crippen molar-refractivity contribution in [2.45, 2.75) is 38.8 Å². The van der Waals surface area contributed by atoms with Crippen LogP contribution in [-0.4, -0.2) is 32.9 Å². The number of halogens is 3. The number of carbonyl (C=O) groups is 2. The molecule has 1 fully saturated rings. The Hall–Kier alpha value is -2.84. The van der Waals surface area contributed by atoms with Gasteiger partial charge in [0.05, 0.1) is 23.5 Å². The summed E-state index contributed by atoms with van der Waals surface area (Å²) in [6.45, 7) is 1.59. The molecule has 1 amide bonds. The van der Waals surface area contributed by atoms with Crippen LogP contribution in [0.4, 0.5) is 18.9 Å². The lowest BCUT2D eigenvalue weighted by Gasteiger charge is -2.32. The molecule has 1 aliphatic carbocycles. The van der Waals surface area contributed by atoms with Crippen LogP contribution in [0, 0.1) is 18.8 Å². The van der Waals surface area contributed by atoms with Crippen molar-refractivity contribution in [3.63, 3.8) is 0 Å². The maximum absolute atomic E-state index is 13.2. The van der Waals surface area contributed by atoms with Gasteiger partial charge in [-0.15, -0.1) is 0 Å². The molecule has 6 nitrogen and oxygen atoms in total. The molecule has 2 aromatic rings. The molecule has 2 atom stereocenters. The predicted octanol–water partition coefficient (Wildman–Crippen LogP) is 4.19. The minimum Gasteiger partial charge on any atom is -0.478 e. The molecule has 0 aliphatic heterocycles. The molecule has 3 rings (SSSR count). The van der Waals surface area contributed by atoms with Gasteiger partial charge in [-0.1, -0.05) is 18.9 Å². The van der Waals surface area contributed by atoms with Crippen LogP contribution in [-0.2, 0) is 4.79 Å². The quantitative estimate of drug-likeness (QED) is 0.813. The Morgan fingerprint density at radius 1 is 1.25 bits per heavy atom. The second-order valence-electron chi connectivity index (χ2n) is 6.94. The van der Waals surface area contributed by atoms with E-state index in [0.29, 0.717) is 29.9 Å². The molecule has 2 N–H and O–H groups in total. The van der Waals surface area contributed by atoms with Crippen LogP contribution in [0.3, 0.4) is 0 Å². The van der Waals surface area contributed by atoms with E-state index in [0.717, 1.165) is 0 Å². The Labute approximate surface area is 159 Å². The lowest BCUT2D eigenvalue weighted by atomic mass is 9.78. The third kappa shape index (κ3) is 4.02. The highest BCUT2D eigenvalue weighted by Gasteiger charge is 2.48. The zero-order valence-corrected chi connectivity index (χ0v) is 15.2. The number of aromatic nitrogens is 2. The Morgan fingerprint density at radius 2 is 1.96 bits per heavy atom. The van der Waals surface area contributed by atoms with Gasteiger partial charge in [0.2, 0.25) is 5.91 Å². The van der Waals surface area contributed by atoms with E-state index in [4.69, 9.17) is 5.11 Å². The van der Waals surface area contributed by atoms with E-state index < -0.39 is 29.9 Å². The first-order chi connectivity index (χ1) is 13.2. The van der Waals surface area contributed by atoms with Gasteiger partial charge in [-0.25, -0.2) is 9.48 Å². The van der Waals surface area contributed by atoms with Gasteiger partial charge in [0.1, 0.15) is 5.56 Å². The van der Waals surface area contributed by atoms with E-state index in [-0.39, 0.29) is 18.4 Å². The summed E-state index contributed by atoms with van der Waals surface area (Å²) in [5, 5.41) is 15.7. The average molecular weight is 395 g/mol. The average Bonchev–Trinajstić information content (AvgIpc) is 3.03. The fourth-order valence-corrected chi connectivity index (χ4v) is 3.67. The van der Waals surface area contributed by atoms with E-state index in [1.807, 2.05) is 0 Å². The van der Waals surface area contributed by atoms with Crippen molar-refractivity contribution in [3.8, 4) is 5.69 Å². The van der Waals surface area contributed by atoms with Crippen LogP contribution in [0.25, 0.3) is 5.69 Å². The monoisotopic (exact) mass is 395 g/mol. The van der Waals surface area contributed by atoms with Gasteiger partial charge in [-0.2, -0.15) is 18.3 Å². The van der Waals surface area contributed by atoms with Gasteiger partial charge in [0.25, 0.3) is 0 Å². The van der Waals surface area contributed by atoms with Crippen molar-refractivity contribution in [2.75, 3.05) is 5.32 Å². The molecule has 1 aromatic carbocycles. The van der Waals surface area contributed by atoms with E-state index in [1.54, 1.807) is 31.2 Å². The van der Waals surface area contributed by atoms with Crippen LogP contribution in [0.15, 0.2) is 30.5 Å². The fourth-order valence-electron chi connectivity index (χ4n) is 3.67. The molecule has 0 saturated heterocycles. The first kappa shape index (κ1) is 19.9. The maximum atomic E-state index is 13.2. The predicted molar refractivity (Wildman–Crippen MR) is 95.4 cm³/mol. The molecular formula is C19H20F3N3O3. The summed E-state index contributed by atoms with van der Waals surface area (Å²) in [4.78, 5) is 23.7. The van der Waals surface area contributed by atoms with E-state index in [1.165, 1.54) is 10.9 Å². The minimum absolute atomic E-state index is 0.0356. The number of benzene rings is 1. The lowest BCUT2D eigenvalue weighted by Crippen LogP contribution is -2.39. The molecule has 150 valence electrons. The molecule has 0 radical (unpaired) electrons. The number of hydrogen-bond acceptors (Lipinski definition) is 3. The van der Waals surface area contributed by atoms with Gasteiger partial charge >= 0.3 is 12.1 Å². The minimum atomic E-state index is -4.40. The van der Waals surface area contributed by atoms with Gasteiger partial charge in [-0.3, -0.25) is 4.79 Å². The molecule has 1 aliphatic rings. The number of nitrogens with one attached hydrogen (secondary N) is 1. The Morgan fingerprint density at radius 3 is 2.61 bits per heavy atom. The first-order valence-corrected chi connectivity index (χ1v) is 8.94. The van der Waals surface area contributed by atoms with E-state index >= 15 is 0 Å². The van der Waals surface area contributed by atoms with Gasteiger partial charge in [0.15, 0.2) is 0 Å². The first-order valence-electron chi connectivity index (χ1n) is 8.94. The summed E-state index contributed by atoms with van der Waals surface area (Å²) in [6, 6.07) is 6.41. The zero-order chi connectivity index (χ0) is 20.5. The number of alkyl halides is 3. The number of aromatic carboxylic acids is 1. The Balaban J connectivity index is 1.81. The van der Waals surface area contributed by atoms with Gasteiger partial charge < -0.3 is 10.4 Å². The molecule has 1 saturated carbocycles. The SMILES string of the molecule is Cc1c(C(=O)O)cnn1-c1cccc(NC(=O)C2CCCCC2C(F)(F)F)c1. The Kier molecular flexibility index (Phi) is 5.44. The molecule has 0 spiro atoms. The number of hydrogen-bond donors (Lipinski definition) is 2. The van der Waals surface area contributed by atoms with Crippen LogP contribution in [0.2, 0.25) is 0 Å². The number of carbonyl (C=O) groups excluding carboxylic acids is 1. The largest absolute Gasteiger partial charge is 0.478 e. The summed E-state index contributed by atoms with van der Waals surface area (Å²) in [5.41, 5.74) is 1.28. The molecule has 2 unspecified atom stereocenters. The second kappa shape index (κ2) is 7.65. The van der Waals surface area contributed by atoms with Gasteiger partial charge in [-0.05, 0) is 38.0 Å². The summed E-state index contributed by atoms with van der Waals surface area (Å²) < 4.78 is 41.1. The third-order valence-electron chi connectivity index (χ3n) is 5.12. The molecular weight excluding hydrogens is 375 g/mol. The van der Waals surface area contributed by atoms with Crippen LogP contribution >= 0.6 is 0 Å². The standard InChI is InChI=1S/C19H20F3N3O3/c1-11-15(18(27)28)10-23-25(11)13-6-4-5-12(9-13)24-17(26)14-7-2-3-8-16(14)19(20,21)22/h4-6,9-10,14,16H,2-3,7-8H2,1H3,(H,24,26)(H,27,28). The summed E-state index contributed by atoms with van der Waals surface area (Å²) in [6.07, 6.45) is -1.95. The molecule has 28 heavy (non-hydrogen) atoms. The van der Waals surface area contributed by atoms with E-state index in [2.05, 4.69) is 10.4 Å². The highest BCUT2D eigenvalue weighted by Crippen LogP contribution is 2.41. The molecule has 1 aromatic heterocycles. The number of rotatable bonds is 4. The number of nitrogens with zero attached hydrogens (tertiary/aromatic N) is 2. The number of carboxylic acids is 1. The molecule has 1 heterocycles. The van der Waals surface area contributed by atoms with Crippen LogP contribution in [0.5, 0.6) is 0 Å². The number of anilines is 1. The highest BCUT2D eigenvalue weighted by molar-refractivity contribution is 5.93. The lowest BCUT2D eigenvalue weighted by molar-refractivity contribution is -0.197. The normalized spacial score (nSPS) is 20.0. The summed E-state index contributed by atoms with van der Waals surface area (Å²) >= 11 is 0. The Bertz CT molecular complexity index is 892. The van der Waals surface area contributed by atoms with Crippen molar-refractivity contribution >= 4 is 17.6 Å². The highest BCUT2D eigenvalue weighted by atomic mass is 19.4. The summed E-state index contributed by atoms with van der Waals surface area (Å²) in [7, 11) is 0.